The topological polar surface area (TPSA) is 65.8 Å². The molecule has 1 aliphatic heterocycles. The zero-order chi connectivity index (χ0) is 15.4. The second-order valence-corrected chi connectivity index (χ2v) is 5.78. The predicted octanol–water partition coefficient (Wildman–Crippen LogP) is 1.33. The van der Waals surface area contributed by atoms with Crippen molar-refractivity contribution in [2.75, 3.05) is 58.3 Å². The molecule has 1 aromatic heterocycles. The van der Waals surface area contributed by atoms with Crippen LogP contribution in [0.4, 0.5) is 11.5 Å². The summed E-state index contributed by atoms with van der Waals surface area (Å²) < 4.78 is 0. The Morgan fingerprint density at radius 1 is 1.33 bits per heavy atom. The van der Waals surface area contributed by atoms with Gasteiger partial charge in [0.2, 0.25) is 0 Å². The minimum atomic E-state index is -0.440. The molecule has 0 unspecified atom stereocenters. The average Bonchev–Trinajstić information content (AvgIpc) is 2.45. The minimum Gasteiger partial charge on any atom is -0.354 e. The summed E-state index contributed by atoms with van der Waals surface area (Å²) >= 11 is 5.87. The first-order valence-corrected chi connectivity index (χ1v) is 7.27. The largest absolute Gasteiger partial charge is 0.354 e. The number of hydrogen-bond donors (Lipinski definition) is 0. The molecule has 0 saturated carbocycles. The van der Waals surface area contributed by atoms with E-state index in [1.54, 1.807) is 0 Å². The first kappa shape index (κ1) is 15.9. The summed E-state index contributed by atoms with van der Waals surface area (Å²) in [6, 6.07) is 2.76. The lowest BCUT2D eigenvalue weighted by Crippen LogP contribution is -2.48. The molecule has 1 aliphatic rings. The molecule has 2 rings (SSSR count). The van der Waals surface area contributed by atoms with Crippen LogP contribution in [-0.2, 0) is 0 Å². The molecule has 0 radical (unpaired) electrons. The number of nitro groups is 1. The van der Waals surface area contributed by atoms with Crippen LogP contribution in [0.3, 0.4) is 0 Å². The van der Waals surface area contributed by atoms with Gasteiger partial charge in [-0.2, -0.15) is 0 Å². The summed E-state index contributed by atoms with van der Waals surface area (Å²) in [4.78, 5) is 21.2. The average molecular weight is 314 g/mol. The van der Waals surface area contributed by atoms with Crippen LogP contribution in [-0.4, -0.2) is 73.1 Å². The predicted molar refractivity (Wildman–Crippen MR) is 83.1 cm³/mol. The molecule has 1 fully saturated rings. The SMILES string of the molecule is CN(C)CCN1CCN(c2cc([N+](=O)[O-])cc(Cl)n2)CC1. The van der Waals surface area contributed by atoms with Gasteiger partial charge >= 0.3 is 0 Å². The molecule has 1 saturated heterocycles. The number of piperazine rings is 1. The zero-order valence-electron chi connectivity index (χ0n) is 12.3. The third-order valence-corrected chi connectivity index (χ3v) is 3.73. The Morgan fingerprint density at radius 2 is 2.00 bits per heavy atom. The molecule has 0 bridgehead atoms. The Balaban J connectivity index is 1.97. The molecule has 0 amide bonds. The first-order chi connectivity index (χ1) is 9.95. The van der Waals surface area contributed by atoms with Gasteiger partial charge in [0, 0.05) is 39.3 Å². The van der Waals surface area contributed by atoms with E-state index < -0.39 is 4.92 Å². The lowest BCUT2D eigenvalue weighted by Gasteiger charge is -2.35. The third kappa shape index (κ3) is 4.52. The lowest BCUT2D eigenvalue weighted by atomic mass is 10.3. The Bertz CT molecular complexity index is 503. The summed E-state index contributed by atoms with van der Waals surface area (Å²) in [7, 11) is 4.12. The van der Waals surface area contributed by atoms with E-state index in [1.165, 1.54) is 12.1 Å². The van der Waals surface area contributed by atoms with E-state index in [2.05, 4.69) is 28.9 Å². The molecule has 1 aromatic rings. The fourth-order valence-electron chi connectivity index (χ4n) is 2.28. The van der Waals surface area contributed by atoms with E-state index in [1.807, 2.05) is 4.90 Å². The van der Waals surface area contributed by atoms with Crippen LogP contribution in [0.25, 0.3) is 0 Å². The van der Waals surface area contributed by atoms with Crippen LogP contribution >= 0.6 is 11.6 Å². The fourth-order valence-corrected chi connectivity index (χ4v) is 2.48. The fraction of sp³-hybridized carbons (Fsp3) is 0.615. The van der Waals surface area contributed by atoms with Gasteiger partial charge in [0.15, 0.2) is 0 Å². The highest BCUT2D eigenvalue weighted by Crippen LogP contribution is 2.24. The Morgan fingerprint density at radius 3 is 2.57 bits per heavy atom. The van der Waals surface area contributed by atoms with Crippen LogP contribution in [0.15, 0.2) is 12.1 Å². The van der Waals surface area contributed by atoms with Gasteiger partial charge in [-0.05, 0) is 14.1 Å². The zero-order valence-corrected chi connectivity index (χ0v) is 13.1. The first-order valence-electron chi connectivity index (χ1n) is 6.90. The molecule has 0 aliphatic carbocycles. The number of likely N-dealkylation sites (N-methyl/N-ethyl adjacent to an activating group) is 1. The minimum absolute atomic E-state index is 0.0139. The molecule has 0 spiro atoms. The van der Waals surface area contributed by atoms with Gasteiger partial charge in [-0.25, -0.2) is 4.98 Å². The molecule has 21 heavy (non-hydrogen) atoms. The van der Waals surface area contributed by atoms with E-state index in [0.29, 0.717) is 5.82 Å². The number of hydrogen-bond acceptors (Lipinski definition) is 6. The van der Waals surface area contributed by atoms with E-state index >= 15 is 0 Å². The van der Waals surface area contributed by atoms with Gasteiger partial charge in [0.05, 0.1) is 17.1 Å². The van der Waals surface area contributed by atoms with E-state index in [-0.39, 0.29) is 10.8 Å². The lowest BCUT2D eigenvalue weighted by molar-refractivity contribution is -0.384. The molecule has 0 atom stereocenters. The molecule has 116 valence electrons. The van der Waals surface area contributed by atoms with Crippen molar-refractivity contribution >= 4 is 23.1 Å². The van der Waals surface area contributed by atoms with Gasteiger partial charge in [0.25, 0.3) is 5.69 Å². The second-order valence-electron chi connectivity index (χ2n) is 5.40. The standard InChI is InChI=1S/C13H20ClN5O2/c1-16(2)3-4-17-5-7-18(8-6-17)13-10-11(19(20)21)9-12(14)15-13/h9-10H,3-8H2,1-2H3. The van der Waals surface area contributed by atoms with Crippen molar-refractivity contribution in [1.29, 1.82) is 0 Å². The summed E-state index contributed by atoms with van der Waals surface area (Å²) in [5.41, 5.74) is -0.0139. The van der Waals surface area contributed by atoms with Crippen molar-refractivity contribution in [1.82, 2.24) is 14.8 Å². The molecular weight excluding hydrogens is 294 g/mol. The van der Waals surface area contributed by atoms with Gasteiger partial charge < -0.3 is 9.80 Å². The number of pyridine rings is 1. The van der Waals surface area contributed by atoms with Crippen LogP contribution in [0.5, 0.6) is 0 Å². The molecule has 0 aromatic carbocycles. The molecular formula is C13H20ClN5O2. The van der Waals surface area contributed by atoms with Gasteiger partial charge in [-0.15, -0.1) is 0 Å². The van der Waals surface area contributed by atoms with Gasteiger partial charge in [0.1, 0.15) is 11.0 Å². The maximum absolute atomic E-state index is 10.9. The van der Waals surface area contributed by atoms with E-state index in [4.69, 9.17) is 11.6 Å². The molecule has 2 heterocycles. The van der Waals surface area contributed by atoms with E-state index in [0.717, 1.165) is 39.3 Å². The van der Waals surface area contributed by atoms with Gasteiger partial charge in [-0.3, -0.25) is 15.0 Å². The van der Waals surface area contributed by atoms with Crippen molar-refractivity contribution in [3.05, 3.63) is 27.4 Å². The van der Waals surface area contributed by atoms with Crippen LogP contribution in [0.2, 0.25) is 5.15 Å². The van der Waals surface area contributed by atoms with Crippen LogP contribution < -0.4 is 4.90 Å². The molecule has 7 nitrogen and oxygen atoms in total. The highest BCUT2D eigenvalue weighted by Gasteiger charge is 2.20. The third-order valence-electron chi connectivity index (χ3n) is 3.54. The highest BCUT2D eigenvalue weighted by molar-refractivity contribution is 6.29. The number of anilines is 1. The maximum atomic E-state index is 10.9. The Kier molecular flexibility index (Phi) is 5.33. The highest BCUT2D eigenvalue weighted by atomic mass is 35.5. The van der Waals surface area contributed by atoms with Gasteiger partial charge in [-0.1, -0.05) is 11.6 Å². The summed E-state index contributed by atoms with van der Waals surface area (Å²) in [5.74, 6) is 0.585. The van der Waals surface area contributed by atoms with Crippen LogP contribution in [0, 0.1) is 10.1 Å². The van der Waals surface area contributed by atoms with Crippen molar-refractivity contribution in [3.63, 3.8) is 0 Å². The number of aromatic nitrogens is 1. The number of nitrogens with zero attached hydrogens (tertiary/aromatic N) is 5. The second kappa shape index (κ2) is 7.02. The normalized spacial score (nSPS) is 16.5. The number of halogens is 1. The Hall–Kier alpha value is -1.44. The van der Waals surface area contributed by atoms with Crippen molar-refractivity contribution < 1.29 is 4.92 Å². The Labute approximate surface area is 129 Å². The summed E-state index contributed by atoms with van der Waals surface area (Å²) in [6.07, 6.45) is 0. The smallest absolute Gasteiger partial charge is 0.276 e. The van der Waals surface area contributed by atoms with Crippen molar-refractivity contribution in [3.8, 4) is 0 Å². The van der Waals surface area contributed by atoms with Crippen LogP contribution in [0.1, 0.15) is 0 Å². The number of rotatable bonds is 5. The van der Waals surface area contributed by atoms with Crippen molar-refractivity contribution in [2.24, 2.45) is 0 Å². The van der Waals surface area contributed by atoms with Crippen molar-refractivity contribution in [2.45, 2.75) is 0 Å². The molecule has 8 heteroatoms. The maximum Gasteiger partial charge on any atom is 0.276 e. The quantitative estimate of drug-likeness (QED) is 0.464. The summed E-state index contributed by atoms with van der Waals surface area (Å²) in [6.45, 7) is 5.52. The summed E-state index contributed by atoms with van der Waals surface area (Å²) in [5, 5.41) is 11.0. The van der Waals surface area contributed by atoms with E-state index in [9.17, 15) is 10.1 Å². The monoisotopic (exact) mass is 313 g/mol. The molecule has 0 N–H and O–H groups in total.